The zero-order valence-electron chi connectivity index (χ0n) is 32.4. The van der Waals surface area contributed by atoms with E-state index in [1.807, 2.05) is 13.0 Å². The molecule has 1 heterocycles. The van der Waals surface area contributed by atoms with Gasteiger partial charge in [-0.3, -0.25) is 14.4 Å². The predicted octanol–water partition coefficient (Wildman–Crippen LogP) is 9.01. The first kappa shape index (κ1) is 41.1. The van der Waals surface area contributed by atoms with E-state index < -0.39 is 23.0 Å². The van der Waals surface area contributed by atoms with Crippen LogP contribution in [0.25, 0.3) is 6.08 Å². The summed E-state index contributed by atoms with van der Waals surface area (Å²) in [6, 6.07) is 20.9. The molecule has 0 bridgehead atoms. The molecule has 5 rings (SSSR count). The highest BCUT2D eigenvalue weighted by Crippen LogP contribution is 2.45. The third-order valence-corrected chi connectivity index (χ3v) is 12.0. The molecular weight excluding hydrogens is 735 g/mol. The molecule has 1 aliphatic carbocycles. The van der Waals surface area contributed by atoms with Crippen LogP contribution >= 0.6 is 23.1 Å². The number of rotatable bonds is 14. The molecule has 55 heavy (non-hydrogen) atoms. The van der Waals surface area contributed by atoms with Gasteiger partial charge >= 0.3 is 5.97 Å². The minimum atomic E-state index is -0.567. The summed E-state index contributed by atoms with van der Waals surface area (Å²) in [7, 11) is 3.05. The summed E-state index contributed by atoms with van der Waals surface area (Å²) in [4.78, 5) is 56.0. The summed E-state index contributed by atoms with van der Waals surface area (Å²) >= 11 is 2.84. The number of nitrogens with one attached hydrogen (secondary N) is 3. The van der Waals surface area contributed by atoms with Crippen molar-refractivity contribution in [2.24, 2.45) is 11.3 Å². The molecular formula is C43H49N3O7S2. The van der Waals surface area contributed by atoms with Gasteiger partial charge < -0.3 is 30.2 Å². The minimum Gasteiger partial charge on any atom is -0.497 e. The SMILES string of the molecule is CCOC(=O)c1c(NC(=O)C(CC)Sc2cccc(NC(=O)/C(=C\c3cc(OC)ccc3OC)NC(=O)c3ccccc3)c2)sc2c1CCC(C(C)(C)C)C2. The van der Waals surface area contributed by atoms with Gasteiger partial charge in [-0.2, -0.15) is 0 Å². The van der Waals surface area contributed by atoms with Gasteiger partial charge in [-0.15, -0.1) is 23.1 Å². The lowest BCUT2D eigenvalue weighted by Crippen LogP contribution is -2.30. The molecule has 0 radical (unpaired) electrons. The first-order valence-corrected chi connectivity index (χ1v) is 20.0. The molecule has 12 heteroatoms. The summed E-state index contributed by atoms with van der Waals surface area (Å²) < 4.78 is 16.3. The van der Waals surface area contributed by atoms with Crippen molar-refractivity contribution < 1.29 is 33.4 Å². The average molecular weight is 784 g/mol. The Morgan fingerprint density at radius 3 is 2.38 bits per heavy atom. The van der Waals surface area contributed by atoms with Gasteiger partial charge in [-0.1, -0.05) is 52.0 Å². The molecule has 0 saturated carbocycles. The summed E-state index contributed by atoms with van der Waals surface area (Å²) in [5, 5.41) is 8.78. The highest BCUT2D eigenvalue weighted by atomic mass is 32.2. The number of carbonyl (C=O) groups is 4. The molecule has 0 saturated heterocycles. The number of hydrogen-bond acceptors (Lipinski definition) is 9. The maximum Gasteiger partial charge on any atom is 0.341 e. The molecule has 10 nitrogen and oxygen atoms in total. The second-order valence-electron chi connectivity index (χ2n) is 14.2. The number of fused-ring (bicyclic) bond motifs is 1. The first-order chi connectivity index (χ1) is 26.3. The van der Waals surface area contributed by atoms with Crippen LogP contribution in [0.15, 0.2) is 83.4 Å². The Kier molecular flexibility index (Phi) is 13.8. The number of ether oxygens (including phenoxy) is 3. The van der Waals surface area contributed by atoms with Crippen molar-refractivity contribution >= 4 is 63.6 Å². The monoisotopic (exact) mass is 783 g/mol. The maximum absolute atomic E-state index is 13.9. The van der Waals surface area contributed by atoms with E-state index >= 15 is 0 Å². The minimum absolute atomic E-state index is 0.0193. The number of esters is 1. The molecule has 3 aromatic carbocycles. The van der Waals surface area contributed by atoms with Crippen molar-refractivity contribution in [2.45, 2.75) is 70.4 Å². The van der Waals surface area contributed by atoms with Gasteiger partial charge in [0.25, 0.3) is 11.8 Å². The Bertz CT molecular complexity index is 2050. The molecule has 2 atom stereocenters. The van der Waals surface area contributed by atoms with E-state index in [2.05, 4.69) is 36.7 Å². The molecule has 0 fully saturated rings. The second kappa shape index (κ2) is 18.5. The Morgan fingerprint density at radius 2 is 1.71 bits per heavy atom. The molecule has 3 amide bonds. The van der Waals surface area contributed by atoms with E-state index in [-0.39, 0.29) is 23.6 Å². The number of benzene rings is 3. The van der Waals surface area contributed by atoms with Crippen molar-refractivity contribution in [2.75, 3.05) is 31.5 Å². The number of hydrogen-bond donors (Lipinski definition) is 3. The quantitative estimate of drug-likeness (QED) is 0.0656. The van der Waals surface area contributed by atoms with Crippen LogP contribution in [0.1, 0.15) is 84.2 Å². The van der Waals surface area contributed by atoms with Crippen molar-refractivity contribution in [1.29, 1.82) is 0 Å². The Balaban J connectivity index is 1.36. The van der Waals surface area contributed by atoms with Crippen molar-refractivity contribution in [3.8, 4) is 11.5 Å². The van der Waals surface area contributed by atoms with Gasteiger partial charge in [0.2, 0.25) is 5.91 Å². The van der Waals surface area contributed by atoms with Crippen molar-refractivity contribution in [3.63, 3.8) is 0 Å². The highest BCUT2D eigenvalue weighted by Gasteiger charge is 2.35. The smallest absolute Gasteiger partial charge is 0.341 e. The van der Waals surface area contributed by atoms with Gasteiger partial charge in [0.05, 0.1) is 31.6 Å². The molecule has 1 aromatic heterocycles. The van der Waals surface area contributed by atoms with Crippen molar-refractivity contribution in [1.82, 2.24) is 5.32 Å². The summed E-state index contributed by atoms with van der Waals surface area (Å²) in [5.41, 5.74) is 2.94. The fraction of sp³-hybridized carbons (Fsp3) is 0.349. The molecule has 0 spiro atoms. The van der Waals surface area contributed by atoms with Crippen LogP contribution in [0.2, 0.25) is 0 Å². The van der Waals surface area contributed by atoms with Crippen LogP contribution in [0.3, 0.4) is 0 Å². The Morgan fingerprint density at radius 1 is 0.945 bits per heavy atom. The van der Waals surface area contributed by atoms with Gasteiger partial charge in [-0.05, 0) is 104 Å². The van der Waals surface area contributed by atoms with E-state index in [0.717, 1.165) is 34.6 Å². The average Bonchev–Trinajstić information content (AvgIpc) is 3.53. The van der Waals surface area contributed by atoms with Gasteiger partial charge in [0.1, 0.15) is 22.2 Å². The van der Waals surface area contributed by atoms with Crippen LogP contribution in [0, 0.1) is 11.3 Å². The second-order valence-corrected chi connectivity index (χ2v) is 16.6. The molecule has 290 valence electrons. The normalized spacial score (nSPS) is 14.6. The number of amides is 3. The van der Waals surface area contributed by atoms with Crippen LogP contribution in [-0.4, -0.2) is 49.8 Å². The molecule has 0 aliphatic heterocycles. The van der Waals surface area contributed by atoms with Crippen LogP contribution < -0.4 is 25.4 Å². The van der Waals surface area contributed by atoms with Gasteiger partial charge in [0.15, 0.2) is 0 Å². The molecule has 3 N–H and O–H groups in total. The third-order valence-electron chi connectivity index (χ3n) is 9.51. The zero-order chi connectivity index (χ0) is 39.7. The number of carbonyl (C=O) groups excluding carboxylic acids is 4. The summed E-state index contributed by atoms with van der Waals surface area (Å²) in [6.07, 6.45) is 4.64. The van der Waals surface area contributed by atoms with E-state index in [1.165, 1.54) is 43.4 Å². The molecule has 4 aromatic rings. The number of methoxy groups -OCH3 is 2. The lowest BCUT2D eigenvalue weighted by molar-refractivity contribution is -0.116. The Hall–Kier alpha value is -5.07. The lowest BCUT2D eigenvalue weighted by atomic mass is 9.72. The van der Waals surface area contributed by atoms with Gasteiger partial charge in [0, 0.05) is 26.6 Å². The van der Waals surface area contributed by atoms with E-state index in [0.29, 0.717) is 51.2 Å². The fourth-order valence-electron chi connectivity index (χ4n) is 6.41. The third kappa shape index (κ3) is 10.4. The highest BCUT2D eigenvalue weighted by molar-refractivity contribution is 8.00. The van der Waals surface area contributed by atoms with Crippen LogP contribution in [0.4, 0.5) is 10.7 Å². The topological polar surface area (TPSA) is 132 Å². The van der Waals surface area contributed by atoms with E-state index in [9.17, 15) is 19.2 Å². The zero-order valence-corrected chi connectivity index (χ0v) is 34.0. The van der Waals surface area contributed by atoms with Crippen LogP contribution in [-0.2, 0) is 27.2 Å². The maximum atomic E-state index is 13.9. The molecule has 1 aliphatic rings. The summed E-state index contributed by atoms with van der Waals surface area (Å²) in [5.74, 6) is -0.162. The number of thioether (sulfide) groups is 1. The fourth-order valence-corrected chi connectivity index (χ4v) is 8.74. The Labute approximate surface area is 331 Å². The van der Waals surface area contributed by atoms with Crippen molar-refractivity contribution in [3.05, 3.63) is 106 Å². The standard InChI is InChI=1S/C43H49N3O7S2/c1-8-35(40(49)46-41-37(42(50)53-9-2)32-20-18-28(43(3,4)5)24-36(32)55-41)54-31-17-13-16-29(25-31)44-39(48)33(45-38(47)26-14-11-10-12-15-26)23-27-22-30(51-6)19-21-34(27)52-7/h10-17,19,21-23,25,28,35H,8-9,18,20,24H2,1-7H3,(H,44,48)(H,45,47)(H,46,49)/b33-23+. The number of anilines is 2. The van der Waals surface area contributed by atoms with Crippen LogP contribution in [0.5, 0.6) is 11.5 Å². The summed E-state index contributed by atoms with van der Waals surface area (Å²) in [6.45, 7) is 10.7. The van der Waals surface area contributed by atoms with Gasteiger partial charge in [-0.25, -0.2) is 4.79 Å². The predicted molar refractivity (Wildman–Crippen MR) is 220 cm³/mol. The van der Waals surface area contributed by atoms with E-state index in [1.54, 1.807) is 73.7 Å². The largest absolute Gasteiger partial charge is 0.497 e. The molecule has 2 unspecified atom stereocenters. The van der Waals surface area contributed by atoms with E-state index in [4.69, 9.17) is 14.2 Å². The number of thiophene rings is 1. The lowest BCUT2D eigenvalue weighted by Gasteiger charge is -2.33. The first-order valence-electron chi connectivity index (χ1n) is 18.4.